The fraction of sp³-hybridized carbons (Fsp3) is 0.240. The maximum absolute atomic E-state index is 13.0. The molecule has 4 aromatic rings. The molecular weight excluding hydrogens is 418 g/mol. The first-order valence-electron chi connectivity index (χ1n) is 10.8. The highest BCUT2D eigenvalue weighted by atomic mass is 16.5. The van der Waals surface area contributed by atoms with E-state index in [1.54, 1.807) is 20.4 Å². The van der Waals surface area contributed by atoms with Crippen molar-refractivity contribution in [3.8, 4) is 11.6 Å². The molecule has 1 spiro atoms. The number of amides is 1. The van der Waals surface area contributed by atoms with Gasteiger partial charge in [-0.05, 0) is 66.4 Å². The third kappa shape index (κ3) is 2.87. The van der Waals surface area contributed by atoms with Crippen LogP contribution < -0.4 is 20.1 Å². The van der Waals surface area contributed by atoms with Crippen molar-refractivity contribution in [1.29, 1.82) is 0 Å². The fourth-order valence-corrected chi connectivity index (χ4v) is 4.98. The third-order valence-electron chi connectivity index (χ3n) is 6.75. The van der Waals surface area contributed by atoms with Gasteiger partial charge in [0.15, 0.2) is 5.82 Å². The average Bonchev–Trinajstić information content (AvgIpc) is 3.38. The highest BCUT2D eigenvalue weighted by molar-refractivity contribution is 6.10. The highest BCUT2D eigenvalue weighted by Gasteiger charge is 2.65. The first-order chi connectivity index (χ1) is 16.0. The minimum Gasteiger partial charge on any atom is -0.497 e. The first-order valence-corrected chi connectivity index (χ1v) is 10.8. The predicted molar refractivity (Wildman–Crippen MR) is 126 cm³/mol. The lowest BCUT2D eigenvalue weighted by molar-refractivity contribution is -0.118. The quantitative estimate of drug-likeness (QED) is 0.424. The van der Waals surface area contributed by atoms with Crippen molar-refractivity contribution in [3.63, 3.8) is 0 Å². The van der Waals surface area contributed by atoms with Crippen molar-refractivity contribution in [3.05, 3.63) is 65.4 Å². The molecular formula is C25H23N5O3. The number of carbonyl (C=O) groups excluding carboxylic acids is 1. The van der Waals surface area contributed by atoms with Crippen LogP contribution in [0.15, 0.2) is 48.7 Å². The number of methoxy groups -OCH3 is 2. The van der Waals surface area contributed by atoms with Crippen LogP contribution in [-0.4, -0.2) is 35.3 Å². The van der Waals surface area contributed by atoms with Gasteiger partial charge in [-0.15, -0.1) is 0 Å². The number of nitrogens with one attached hydrogen (secondary N) is 3. The molecule has 8 heteroatoms. The summed E-state index contributed by atoms with van der Waals surface area (Å²) in [6, 6.07) is 14.0. The largest absolute Gasteiger partial charge is 0.497 e. The van der Waals surface area contributed by atoms with Crippen molar-refractivity contribution in [2.45, 2.75) is 24.7 Å². The summed E-state index contributed by atoms with van der Waals surface area (Å²) in [7, 11) is 3.24. The number of carbonyl (C=O) groups is 1. The van der Waals surface area contributed by atoms with E-state index in [4.69, 9.17) is 9.47 Å². The van der Waals surface area contributed by atoms with Crippen LogP contribution in [-0.2, 0) is 10.2 Å². The highest BCUT2D eigenvalue weighted by Crippen LogP contribution is 2.65. The lowest BCUT2D eigenvalue weighted by Gasteiger charge is -2.11. The van der Waals surface area contributed by atoms with Crippen molar-refractivity contribution >= 4 is 34.0 Å². The van der Waals surface area contributed by atoms with Gasteiger partial charge in [-0.1, -0.05) is 6.07 Å². The summed E-state index contributed by atoms with van der Waals surface area (Å²) in [5, 5.41) is 14.9. The number of benzene rings is 2. The van der Waals surface area contributed by atoms with Gasteiger partial charge in [0.05, 0.1) is 25.2 Å². The van der Waals surface area contributed by atoms with Crippen LogP contribution in [0.1, 0.15) is 29.0 Å². The van der Waals surface area contributed by atoms with E-state index in [1.807, 2.05) is 37.3 Å². The van der Waals surface area contributed by atoms with Crippen molar-refractivity contribution in [2.75, 3.05) is 24.9 Å². The summed E-state index contributed by atoms with van der Waals surface area (Å²) in [6.07, 6.45) is 2.53. The average molecular weight is 441 g/mol. The van der Waals surface area contributed by atoms with Gasteiger partial charge >= 0.3 is 0 Å². The van der Waals surface area contributed by atoms with Crippen LogP contribution >= 0.6 is 0 Å². The molecule has 2 aromatic carbocycles. The molecule has 0 bridgehead atoms. The van der Waals surface area contributed by atoms with E-state index in [1.165, 1.54) is 0 Å². The zero-order chi connectivity index (χ0) is 22.7. The Morgan fingerprint density at radius 3 is 2.82 bits per heavy atom. The summed E-state index contributed by atoms with van der Waals surface area (Å²) in [6.45, 7) is 1.98. The molecule has 1 saturated carbocycles. The van der Waals surface area contributed by atoms with E-state index in [0.29, 0.717) is 11.7 Å². The van der Waals surface area contributed by atoms with Crippen molar-refractivity contribution in [1.82, 2.24) is 15.2 Å². The lowest BCUT2D eigenvalue weighted by atomic mass is 9.91. The second-order valence-electron chi connectivity index (χ2n) is 8.67. The normalized spacial score (nSPS) is 20.6. The number of aryl methyl sites for hydroxylation is 1. The zero-order valence-corrected chi connectivity index (χ0v) is 18.5. The SMILES string of the molecule is COc1ccc2c(c1)[C@]1(C[C@H]1c1ccc3c(Nc4cc(C)cnc4OC)n[nH]c3c1)C(=O)N2. The maximum atomic E-state index is 13.0. The van der Waals surface area contributed by atoms with Gasteiger partial charge in [0.2, 0.25) is 11.8 Å². The molecule has 3 heterocycles. The van der Waals surface area contributed by atoms with Gasteiger partial charge in [-0.3, -0.25) is 9.89 Å². The molecule has 8 nitrogen and oxygen atoms in total. The lowest BCUT2D eigenvalue weighted by Crippen LogP contribution is -2.21. The number of aromatic amines is 1. The molecule has 1 fully saturated rings. The molecule has 0 saturated heterocycles. The van der Waals surface area contributed by atoms with Gasteiger partial charge in [0.25, 0.3) is 0 Å². The number of ether oxygens (including phenoxy) is 2. The number of aromatic nitrogens is 3. The topological polar surface area (TPSA) is 101 Å². The van der Waals surface area contributed by atoms with Gasteiger partial charge in [0.1, 0.15) is 11.4 Å². The molecule has 2 aliphatic rings. The van der Waals surface area contributed by atoms with Crippen LogP contribution in [0.5, 0.6) is 11.6 Å². The third-order valence-corrected chi connectivity index (χ3v) is 6.75. The molecule has 2 atom stereocenters. The Balaban J connectivity index is 1.33. The summed E-state index contributed by atoms with van der Waals surface area (Å²) in [4.78, 5) is 17.3. The summed E-state index contributed by atoms with van der Waals surface area (Å²) in [5.74, 6) is 2.13. The van der Waals surface area contributed by atoms with Crippen molar-refractivity contribution in [2.24, 2.45) is 0 Å². The Hall–Kier alpha value is -4.07. The molecule has 33 heavy (non-hydrogen) atoms. The number of rotatable bonds is 5. The molecule has 1 aliphatic carbocycles. The minimum atomic E-state index is -0.529. The molecule has 0 radical (unpaired) electrons. The molecule has 2 aromatic heterocycles. The second kappa shape index (κ2) is 6.96. The first kappa shape index (κ1) is 19.6. The van der Waals surface area contributed by atoms with Crippen LogP contribution in [0.2, 0.25) is 0 Å². The van der Waals surface area contributed by atoms with Gasteiger partial charge < -0.3 is 20.1 Å². The van der Waals surface area contributed by atoms with Gasteiger partial charge in [-0.25, -0.2) is 4.98 Å². The van der Waals surface area contributed by atoms with Gasteiger partial charge in [-0.2, -0.15) is 5.10 Å². The standard InChI is InChI=1S/C25H23N5O3/c1-13-8-21(23(33-3)26-12-13)27-22-16-6-4-14(9-20(16)29-30-22)18-11-25(18)17-10-15(32-2)5-7-19(17)28-24(25)31/h4-10,12,18H,11H2,1-3H3,(H,28,31)(H2,27,29,30)/t18-,25-/m0/s1. The van der Waals surface area contributed by atoms with Crippen LogP contribution in [0.3, 0.4) is 0 Å². The fourth-order valence-electron chi connectivity index (χ4n) is 4.98. The predicted octanol–water partition coefficient (Wildman–Crippen LogP) is 4.40. The van der Waals surface area contributed by atoms with Gasteiger partial charge in [0, 0.05) is 23.2 Å². The van der Waals surface area contributed by atoms with E-state index >= 15 is 0 Å². The molecule has 0 unspecified atom stereocenters. The molecule has 6 rings (SSSR count). The number of pyridine rings is 1. The number of H-pyrrole nitrogens is 1. The van der Waals surface area contributed by atoms with E-state index < -0.39 is 5.41 Å². The number of hydrogen-bond acceptors (Lipinski definition) is 6. The Morgan fingerprint density at radius 1 is 1.12 bits per heavy atom. The number of anilines is 3. The van der Waals surface area contributed by atoms with E-state index in [0.717, 1.165) is 51.1 Å². The van der Waals surface area contributed by atoms with Crippen LogP contribution in [0.4, 0.5) is 17.2 Å². The Kier molecular flexibility index (Phi) is 4.14. The van der Waals surface area contributed by atoms with Crippen LogP contribution in [0, 0.1) is 6.92 Å². The second-order valence-corrected chi connectivity index (χ2v) is 8.67. The summed E-state index contributed by atoms with van der Waals surface area (Å²) in [5.41, 5.74) is 5.15. The smallest absolute Gasteiger partial charge is 0.237 e. The van der Waals surface area contributed by atoms with E-state index in [2.05, 4.69) is 37.9 Å². The number of nitrogens with zero attached hydrogens (tertiary/aromatic N) is 2. The molecule has 3 N–H and O–H groups in total. The Bertz CT molecular complexity index is 1430. The molecule has 1 aliphatic heterocycles. The summed E-state index contributed by atoms with van der Waals surface area (Å²) >= 11 is 0. The molecule has 1 amide bonds. The Morgan fingerprint density at radius 2 is 2.00 bits per heavy atom. The van der Waals surface area contributed by atoms with E-state index in [9.17, 15) is 4.79 Å². The van der Waals surface area contributed by atoms with E-state index in [-0.39, 0.29) is 11.8 Å². The maximum Gasteiger partial charge on any atom is 0.237 e. The molecule has 166 valence electrons. The Labute approximate surface area is 190 Å². The van der Waals surface area contributed by atoms with Crippen molar-refractivity contribution < 1.29 is 14.3 Å². The summed E-state index contributed by atoms with van der Waals surface area (Å²) < 4.78 is 10.8. The number of hydrogen-bond donors (Lipinski definition) is 3. The van der Waals surface area contributed by atoms with Crippen LogP contribution in [0.25, 0.3) is 10.9 Å². The zero-order valence-electron chi connectivity index (χ0n) is 18.5. The monoisotopic (exact) mass is 441 g/mol. The minimum absolute atomic E-state index is 0.0573. The number of fused-ring (bicyclic) bond motifs is 3.